The zero-order chi connectivity index (χ0) is 12.4. The Bertz CT molecular complexity index is 470. The van der Waals surface area contributed by atoms with Crippen molar-refractivity contribution in [3.8, 4) is 0 Å². The normalized spacial score (nSPS) is 24.8. The first-order chi connectivity index (χ1) is 8.13. The maximum atomic E-state index is 8.41. The van der Waals surface area contributed by atoms with Crippen molar-refractivity contribution in [3.63, 3.8) is 0 Å². The van der Waals surface area contributed by atoms with Crippen LogP contribution in [0.15, 0.2) is 38.5 Å². The van der Waals surface area contributed by atoms with E-state index in [0.717, 1.165) is 29.9 Å². The lowest BCUT2D eigenvalue weighted by Crippen LogP contribution is -2.10. The molecule has 90 valence electrons. The molecule has 0 heterocycles. The van der Waals surface area contributed by atoms with Gasteiger partial charge in [0.2, 0.25) is 0 Å². The van der Waals surface area contributed by atoms with E-state index in [1.54, 1.807) is 0 Å². The molecule has 2 aliphatic carbocycles. The van der Waals surface area contributed by atoms with E-state index < -0.39 is 0 Å². The van der Waals surface area contributed by atoms with Gasteiger partial charge in [-0.15, -0.1) is 0 Å². The predicted octanol–water partition coefficient (Wildman–Crippen LogP) is 5.04. The summed E-state index contributed by atoms with van der Waals surface area (Å²) in [6.07, 6.45) is 6.80. The Morgan fingerprint density at radius 2 is 2.29 bits per heavy atom. The molecule has 2 aliphatic rings. The quantitative estimate of drug-likeness (QED) is 0.392. The van der Waals surface area contributed by atoms with E-state index in [-0.39, 0.29) is 12.0 Å². The molecule has 0 aromatic rings. The van der Waals surface area contributed by atoms with E-state index in [4.69, 9.17) is 28.7 Å². The smallest absolute Gasteiger partial charge is 0.0591 e. The van der Waals surface area contributed by atoms with Crippen molar-refractivity contribution >= 4 is 23.2 Å². The molecule has 0 amide bonds. The average molecular weight is 270 g/mol. The molecule has 3 nitrogen and oxygen atoms in total. The van der Waals surface area contributed by atoms with E-state index in [9.17, 15) is 0 Å². The fourth-order valence-corrected chi connectivity index (χ4v) is 2.93. The molecule has 2 unspecified atom stereocenters. The number of rotatable bonds is 3. The summed E-state index contributed by atoms with van der Waals surface area (Å²) in [7, 11) is 0. The van der Waals surface area contributed by atoms with Crippen LogP contribution in [0.1, 0.15) is 26.2 Å². The van der Waals surface area contributed by atoms with E-state index in [1.165, 1.54) is 5.57 Å². The minimum Gasteiger partial charge on any atom is -0.0909 e. The summed E-state index contributed by atoms with van der Waals surface area (Å²) >= 11 is 12.4. The Balaban J connectivity index is 2.20. The number of hydrogen-bond donors (Lipinski definition) is 0. The van der Waals surface area contributed by atoms with Crippen LogP contribution in [-0.2, 0) is 0 Å². The standard InChI is InChI=1S/C12H13Cl2N3/c1-7(16-17-15)6-9-3-2-8-4-5-10(13)12(14)11(8)9/h2-3,7,9H,4-6H2,1H3. The third-order valence-corrected chi connectivity index (χ3v) is 4.09. The van der Waals surface area contributed by atoms with Crippen molar-refractivity contribution in [2.24, 2.45) is 11.0 Å². The van der Waals surface area contributed by atoms with Crippen LogP contribution < -0.4 is 0 Å². The van der Waals surface area contributed by atoms with Gasteiger partial charge >= 0.3 is 0 Å². The maximum absolute atomic E-state index is 8.41. The second-order valence-electron chi connectivity index (χ2n) is 4.41. The lowest BCUT2D eigenvalue weighted by atomic mass is 9.90. The number of hydrogen-bond acceptors (Lipinski definition) is 1. The van der Waals surface area contributed by atoms with Crippen LogP contribution in [0, 0.1) is 5.92 Å². The lowest BCUT2D eigenvalue weighted by molar-refractivity contribution is 0.584. The zero-order valence-electron chi connectivity index (χ0n) is 9.53. The van der Waals surface area contributed by atoms with Gasteiger partial charge in [0.05, 0.1) is 5.03 Å². The van der Waals surface area contributed by atoms with Gasteiger partial charge in [0.1, 0.15) is 0 Å². The van der Waals surface area contributed by atoms with Gasteiger partial charge in [0, 0.05) is 21.9 Å². The molecule has 0 N–H and O–H groups in total. The number of azide groups is 1. The third kappa shape index (κ3) is 2.52. The largest absolute Gasteiger partial charge is 0.0909 e. The van der Waals surface area contributed by atoms with Crippen molar-refractivity contribution in [3.05, 3.63) is 43.8 Å². The summed E-state index contributed by atoms with van der Waals surface area (Å²) in [5.74, 6) is 0.229. The van der Waals surface area contributed by atoms with Gasteiger partial charge in [-0.05, 0) is 35.9 Å². The molecule has 0 bridgehead atoms. The van der Waals surface area contributed by atoms with Crippen LogP contribution in [0.5, 0.6) is 0 Å². The minimum absolute atomic E-state index is 0.0355. The van der Waals surface area contributed by atoms with Crippen LogP contribution in [0.3, 0.4) is 0 Å². The molecule has 0 aliphatic heterocycles. The van der Waals surface area contributed by atoms with Crippen molar-refractivity contribution < 1.29 is 0 Å². The summed E-state index contributed by atoms with van der Waals surface area (Å²) in [4.78, 5) is 2.83. The highest BCUT2D eigenvalue weighted by atomic mass is 35.5. The Morgan fingerprint density at radius 3 is 3.00 bits per heavy atom. The first-order valence-corrected chi connectivity index (χ1v) is 6.39. The highest BCUT2D eigenvalue weighted by Gasteiger charge is 2.28. The molecule has 2 rings (SSSR count). The number of allylic oxidation sites excluding steroid dienone is 6. The van der Waals surface area contributed by atoms with Crippen LogP contribution in [-0.4, -0.2) is 6.04 Å². The molecule has 0 saturated heterocycles. The first kappa shape index (κ1) is 12.6. The lowest BCUT2D eigenvalue weighted by Gasteiger charge is -2.21. The van der Waals surface area contributed by atoms with Gasteiger partial charge in [-0.25, -0.2) is 0 Å². The fraction of sp³-hybridized carbons (Fsp3) is 0.500. The predicted molar refractivity (Wildman–Crippen MR) is 70.8 cm³/mol. The Kier molecular flexibility index (Phi) is 3.82. The van der Waals surface area contributed by atoms with Crippen molar-refractivity contribution in [1.82, 2.24) is 0 Å². The Labute approximate surface area is 110 Å². The molecule has 5 heteroatoms. The molecule has 2 atom stereocenters. The molecular weight excluding hydrogens is 257 g/mol. The van der Waals surface area contributed by atoms with Gasteiger partial charge in [0.25, 0.3) is 0 Å². The van der Waals surface area contributed by atoms with Gasteiger partial charge in [-0.1, -0.05) is 47.4 Å². The molecule has 0 radical (unpaired) electrons. The fourth-order valence-electron chi connectivity index (χ4n) is 2.38. The minimum atomic E-state index is -0.0355. The van der Waals surface area contributed by atoms with Crippen LogP contribution in [0.25, 0.3) is 10.4 Å². The summed E-state index contributed by atoms with van der Waals surface area (Å²) in [6, 6.07) is -0.0355. The SMILES string of the molecule is CC(CC1C=CC2=C1C(Cl)=C(Cl)CC2)N=[N+]=[N-]. The second kappa shape index (κ2) is 5.18. The summed E-state index contributed by atoms with van der Waals surface area (Å²) in [5, 5.41) is 5.14. The van der Waals surface area contributed by atoms with E-state index >= 15 is 0 Å². The Hall–Kier alpha value is -0.890. The van der Waals surface area contributed by atoms with Gasteiger partial charge in [0.15, 0.2) is 0 Å². The molecule has 0 fully saturated rings. The van der Waals surface area contributed by atoms with Crippen LogP contribution >= 0.6 is 23.2 Å². The maximum Gasteiger partial charge on any atom is 0.0591 e. The number of halogens is 2. The first-order valence-electron chi connectivity index (χ1n) is 5.63. The van der Waals surface area contributed by atoms with Crippen LogP contribution in [0.4, 0.5) is 0 Å². The van der Waals surface area contributed by atoms with Gasteiger partial charge in [-0.2, -0.15) is 0 Å². The average Bonchev–Trinajstić information content (AvgIpc) is 2.68. The zero-order valence-corrected chi connectivity index (χ0v) is 11.0. The Morgan fingerprint density at radius 1 is 1.53 bits per heavy atom. The molecule has 0 aromatic carbocycles. The van der Waals surface area contributed by atoms with E-state index in [0.29, 0.717) is 5.03 Å². The molecular formula is C12H13Cl2N3. The molecule has 0 spiro atoms. The highest BCUT2D eigenvalue weighted by Crippen LogP contribution is 2.44. The van der Waals surface area contributed by atoms with Crippen molar-refractivity contribution in [2.45, 2.75) is 32.2 Å². The third-order valence-electron chi connectivity index (χ3n) is 3.18. The summed E-state index contributed by atoms with van der Waals surface area (Å²) < 4.78 is 0. The molecule has 0 saturated carbocycles. The summed E-state index contributed by atoms with van der Waals surface area (Å²) in [5.41, 5.74) is 10.8. The van der Waals surface area contributed by atoms with Gasteiger partial charge in [-0.3, -0.25) is 0 Å². The topological polar surface area (TPSA) is 48.8 Å². The summed E-state index contributed by atoms with van der Waals surface area (Å²) in [6.45, 7) is 1.91. The van der Waals surface area contributed by atoms with Crippen molar-refractivity contribution in [1.29, 1.82) is 0 Å². The molecule has 0 aromatic heterocycles. The van der Waals surface area contributed by atoms with Crippen molar-refractivity contribution in [2.75, 3.05) is 0 Å². The second-order valence-corrected chi connectivity index (χ2v) is 5.25. The van der Waals surface area contributed by atoms with E-state index in [1.807, 2.05) is 6.92 Å². The van der Waals surface area contributed by atoms with Crippen LogP contribution in [0.2, 0.25) is 0 Å². The number of nitrogens with zero attached hydrogens (tertiary/aromatic N) is 3. The highest BCUT2D eigenvalue weighted by molar-refractivity contribution is 6.41. The molecule has 17 heavy (non-hydrogen) atoms. The van der Waals surface area contributed by atoms with E-state index in [2.05, 4.69) is 22.2 Å². The monoisotopic (exact) mass is 269 g/mol. The van der Waals surface area contributed by atoms with Gasteiger partial charge < -0.3 is 0 Å².